The Bertz CT molecular complexity index is 261. The Labute approximate surface area is 91.0 Å². The van der Waals surface area contributed by atoms with Gasteiger partial charge in [0.1, 0.15) is 0 Å². The summed E-state index contributed by atoms with van der Waals surface area (Å²) in [6.45, 7) is 0. The van der Waals surface area contributed by atoms with Crippen LogP contribution in [0.1, 0.15) is 12.0 Å². The van der Waals surface area contributed by atoms with Crippen molar-refractivity contribution >= 4 is 39.1 Å². The van der Waals surface area contributed by atoms with E-state index in [0.717, 1.165) is 18.2 Å². The van der Waals surface area contributed by atoms with Gasteiger partial charge in [-0.2, -0.15) is 0 Å². The van der Waals surface area contributed by atoms with Gasteiger partial charge in [-0.05, 0) is 30.5 Å². The van der Waals surface area contributed by atoms with Gasteiger partial charge in [0.15, 0.2) is 0 Å². The van der Waals surface area contributed by atoms with Gasteiger partial charge >= 0.3 is 0 Å². The molecule has 12 heavy (non-hydrogen) atoms. The summed E-state index contributed by atoms with van der Waals surface area (Å²) in [5, 5.41) is 2.29. The van der Waals surface area contributed by atoms with Gasteiger partial charge in [0.05, 0.1) is 10.0 Å². The van der Waals surface area contributed by atoms with E-state index in [2.05, 4.69) is 15.9 Å². The molecule has 0 spiro atoms. The maximum absolute atomic E-state index is 5.85. The smallest absolute Gasteiger partial charge is 0.0595 e. The first-order valence-corrected chi connectivity index (χ1v) is 5.61. The fraction of sp³-hybridized carbons (Fsp3) is 0.333. The fourth-order valence-corrected chi connectivity index (χ4v) is 1.57. The van der Waals surface area contributed by atoms with E-state index >= 15 is 0 Å². The normalized spacial score (nSPS) is 10.2. The van der Waals surface area contributed by atoms with E-state index < -0.39 is 0 Å². The number of aryl methyl sites for hydroxylation is 1. The maximum atomic E-state index is 5.85. The van der Waals surface area contributed by atoms with Crippen molar-refractivity contribution in [2.45, 2.75) is 12.8 Å². The SMILES string of the molecule is Clc1ccc(CCCBr)cc1Cl. The van der Waals surface area contributed by atoms with Crippen molar-refractivity contribution in [1.82, 2.24) is 0 Å². The Balaban J connectivity index is 2.69. The number of rotatable bonds is 3. The van der Waals surface area contributed by atoms with Crippen molar-refractivity contribution in [3.05, 3.63) is 33.8 Å². The highest BCUT2D eigenvalue weighted by Gasteiger charge is 1.98. The fourth-order valence-electron chi connectivity index (χ4n) is 0.966. The number of alkyl halides is 1. The highest BCUT2D eigenvalue weighted by molar-refractivity contribution is 9.09. The molecule has 0 heterocycles. The van der Waals surface area contributed by atoms with Crippen LogP contribution in [0.2, 0.25) is 10.0 Å². The van der Waals surface area contributed by atoms with Crippen LogP contribution in [-0.4, -0.2) is 5.33 Å². The Morgan fingerprint density at radius 2 is 1.92 bits per heavy atom. The van der Waals surface area contributed by atoms with Gasteiger partial charge in [0, 0.05) is 5.33 Å². The Morgan fingerprint density at radius 1 is 1.17 bits per heavy atom. The molecule has 0 amide bonds. The lowest BCUT2D eigenvalue weighted by molar-refractivity contribution is 0.940. The summed E-state index contributed by atoms with van der Waals surface area (Å²) in [5.41, 5.74) is 1.24. The zero-order valence-electron chi connectivity index (χ0n) is 6.49. The second-order valence-electron chi connectivity index (χ2n) is 2.54. The van der Waals surface area contributed by atoms with Gasteiger partial charge in [0.2, 0.25) is 0 Å². The standard InChI is InChI=1S/C9H9BrCl2/c10-5-1-2-7-3-4-8(11)9(12)6-7/h3-4,6H,1-2,5H2. The minimum atomic E-state index is 0.624. The van der Waals surface area contributed by atoms with Gasteiger partial charge in [-0.1, -0.05) is 45.2 Å². The lowest BCUT2D eigenvalue weighted by Gasteiger charge is -2.00. The van der Waals surface area contributed by atoms with Gasteiger partial charge in [-0.15, -0.1) is 0 Å². The minimum Gasteiger partial charge on any atom is -0.0928 e. The third-order valence-corrected chi connectivity index (χ3v) is 2.88. The number of benzene rings is 1. The zero-order chi connectivity index (χ0) is 8.97. The van der Waals surface area contributed by atoms with E-state index in [1.807, 2.05) is 18.2 Å². The highest BCUT2D eigenvalue weighted by atomic mass is 79.9. The summed E-state index contributed by atoms with van der Waals surface area (Å²) in [4.78, 5) is 0. The van der Waals surface area contributed by atoms with Crippen LogP contribution < -0.4 is 0 Å². The molecule has 0 nitrogen and oxygen atoms in total. The molecule has 0 aromatic heterocycles. The quantitative estimate of drug-likeness (QED) is 0.716. The summed E-state index contributed by atoms with van der Waals surface area (Å²) < 4.78 is 0. The molecular formula is C9H9BrCl2. The van der Waals surface area contributed by atoms with Crippen LogP contribution in [0.15, 0.2) is 18.2 Å². The summed E-state index contributed by atoms with van der Waals surface area (Å²) in [7, 11) is 0. The molecule has 0 unspecified atom stereocenters. The molecule has 1 rings (SSSR count). The predicted molar refractivity (Wildman–Crippen MR) is 58.6 cm³/mol. The molecule has 0 fully saturated rings. The van der Waals surface area contributed by atoms with Crippen LogP contribution >= 0.6 is 39.1 Å². The maximum Gasteiger partial charge on any atom is 0.0595 e. The lowest BCUT2D eigenvalue weighted by Crippen LogP contribution is -1.85. The van der Waals surface area contributed by atoms with Crippen LogP contribution in [0.25, 0.3) is 0 Å². The van der Waals surface area contributed by atoms with E-state index in [4.69, 9.17) is 23.2 Å². The Morgan fingerprint density at radius 3 is 2.50 bits per heavy atom. The van der Waals surface area contributed by atoms with Crippen molar-refractivity contribution in [3.8, 4) is 0 Å². The molecular weight excluding hydrogens is 259 g/mol. The molecule has 0 N–H and O–H groups in total. The molecule has 0 saturated heterocycles. The van der Waals surface area contributed by atoms with Gasteiger partial charge in [-0.3, -0.25) is 0 Å². The van der Waals surface area contributed by atoms with Crippen molar-refractivity contribution in [2.75, 3.05) is 5.33 Å². The first kappa shape index (κ1) is 10.4. The van der Waals surface area contributed by atoms with E-state index in [9.17, 15) is 0 Å². The molecule has 66 valence electrons. The number of hydrogen-bond acceptors (Lipinski definition) is 0. The first-order valence-electron chi connectivity index (χ1n) is 3.74. The molecule has 0 radical (unpaired) electrons. The summed E-state index contributed by atoms with van der Waals surface area (Å²) in [5.74, 6) is 0. The van der Waals surface area contributed by atoms with Gasteiger partial charge < -0.3 is 0 Å². The first-order chi connectivity index (χ1) is 5.74. The minimum absolute atomic E-state index is 0.624. The number of hydrogen-bond donors (Lipinski definition) is 0. The third-order valence-electron chi connectivity index (χ3n) is 1.58. The topological polar surface area (TPSA) is 0 Å². The van der Waals surface area contributed by atoms with E-state index in [-0.39, 0.29) is 0 Å². The summed E-state index contributed by atoms with van der Waals surface area (Å²) >= 11 is 15.0. The lowest BCUT2D eigenvalue weighted by atomic mass is 10.1. The molecule has 0 aliphatic carbocycles. The molecule has 0 aliphatic rings. The van der Waals surface area contributed by atoms with E-state index in [0.29, 0.717) is 10.0 Å². The summed E-state index contributed by atoms with van der Waals surface area (Å²) in [6, 6.07) is 5.77. The molecule has 0 bridgehead atoms. The van der Waals surface area contributed by atoms with Crippen LogP contribution in [0, 0.1) is 0 Å². The van der Waals surface area contributed by atoms with Crippen molar-refractivity contribution in [3.63, 3.8) is 0 Å². The van der Waals surface area contributed by atoms with Crippen LogP contribution in [-0.2, 0) is 6.42 Å². The zero-order valence-corrected chi connectivity index (χ0v) is 9.59. The molecule has 1 aromatic rings. The second-order valence-corrected chi connectivity index (χ2v) is 4.15. The van der Waals surface area contributed by atoms with Crippen molar-refractivity contribution < 1.29 is 0 Å². The van der Waals surface area contributed by atoms with E-state index in [1.165, 1.54) is 5.56 Å². The molecule has 0 atom stereocenters. The molecule has 0 aliphatic heterocycles. The van der Waals surface area contributed by atoms with E-state index in [1.54, 1.807) is 0 Å². The monoisotopic (exact) mass is 266 g/mol. The average molecular weight is 268 g/mol. The average Bonchev–Trinajstić information content (AvgIpc) is 2.07. The van der Waals surface area contributed by atoms with Crippen LogP contribution in [0.5, 0.6) is 0 Å². The highest BCUT2D eigenvalue weighted by Crippen LogP contribution is 2.23. The summed E-state index contributed by atoms with van der Waals surface area (Å²) in [6.07, 6.45) is 2.17. The van der Waals surface area contributed by atoms with Crippen molar-refractivity contribution in [1.29, 1.82) is 0 Å². The third kappa shape index (κ3) is 2.96. The molecule has 3 heteroatoms. The van der Waals surface area contributed by atoms with Crippen molar-refractivity contribution in [2.24, 2.45) is 0 Å². The second kappa shape index (κ2) is 5.11. The number of halogens is 3. The Kier molecular flexibility index (Phi) is 4.41. The largest absolute Gasteiger partial charge is 0.0928 e. The predicted octanol–water partition coefficient (Wildman–Crippen LogP) is 4.32. The molecule has 1 aromatic carbocycles. The van der Waals surface area contributed by atoms with Crippen LogP contribution in [0.3, 0.4) is 0 Å². The van der Waals surface area contributed by atoms with Gasteiger partial charge in [0.25, 0.3) is 0 Å². The molecule has 0 saturated carbocycles. The Hall–Kier alpha value is 0.280. The van der Waals surface area contributed by atoms with Crippen LogP contribution in [0.4, 0.5) is 0 Å². The van der Waals surface area contributed by atoms with Gasteiger partial charge in [-0.25, -0.2) is 0 Å².